The number of carbonyl (C=O) groups is 1. The fourth-order valence-electron chi connectivity index (χ4n) is 5.85. The summed E-state index contributed by atoms with van der Waals surface area (Å²) in [6.07, 6.45) is 3.15. The zero-order valence-corrected chi connectivity index (χ0v) is 23.9. The highest BCUT2D eigenvalue weighted by Crippen LogP contribution is 2.37. The quantitative estimate of drug-likeness (QED) is 0.354. The number of carboxylic acid groups (broad SMARTS) is 1. The molecule has 220 valence electrons. The van der Waals surface area contributed by atoms with Crippen molar-refractivity contribution in [2.24, 2.45) is 0 Å². The van der Waals surface area contributed by atoms with Crippen molar-refractivity contribution < 1.29 is 27.8 Å². The van der Waals surface area contributed by atoms with Crippen LogP contribution in [0.2, 0.25) is 0 Å². The smallest absolute Gasteiger partial charge is 0.325 e. The van der Waals surface area contributed by atoms with E-state index in [1.807, 2.05) is 26.0 Å². The molecule has 0 aliphatic carbocycles. The minimum Gasteiger partial charge on any atom is -0.493 e. The Kier molecular flexibility index (Phi) is 9.61. The molecule has 1 saturated heterocycles. The lowest BCUT2D eigenvalue weighted by Gasteiger charge is -2.30. The van der Waals surface area contributed by atoms with E-state index in [2.05, 4.69) is 10.3 Å². The van der Waals surface area contributed by atoms with Gasteiger partial charge >= 0.3 is 5.97 Å². The van der Waals surface area contributed by atoms with Gasteiger partial charge in [-0.3, -0.25) is 14.6 Å². The van der Waals surface area contributed by atoms with E-state index in [-0.39, 0.29) is 36.2 Å². The molecule has 0 radical (unpaired) electrons. The molecule has 2 aromatic rings. The summed E-state index contributed by atoms with van der Waals surface area (Å²) in [6, 6.07) is 5.64. The van der Waals surface area contributed by atoms with Crippen LogP contribution in [-0.2, 0) is 17.6 Å². The van der Waals surface area contributed by atoms with Gasteiger partial charge in [-0.15, -0.1) is 0 Å². The van der Waals surface area contributed by atoms with Crippen LogP contribution in [0, 0.1) is 5.82 Å². The number of nitrogens with one attached hydrogen (secondary N) is 1. The van der Waals surface area contributed by atoms with Crippen LogP contribution in [0.5, 0.6) is 5.75 Å². The number of hydrogen-bond donors (Lipinski definition) is 2. The zero-order valence-electron chi connectivity index (χ0n) is 23.9. The van der Waals surface area contributed by atoms with E-state index >= 15 is 0 Å². The SMILES string of the molecule is COc1c(F)cc(C(C)C)cc1C(C(=O)O)N1CC[C@@H](N(C)CC(F)(F)CCCc2ccc3c(n2)NCCC3)C1. The van der Waals surface area contributed by atoms with Crippen LogP contribution < -0.4 is 10.1 Å². The van der Waals surface area contributed by atoms with Gasteiger partial charge in [0.1, 0.15) is 11.9 Å². The average Bonchev–Trinajstić information content (AvgIpc) is 3.38. The van der Waals surface area contributed by atoms with Crippen LogP contribution >= 0.6 is 0 Å². The fraction of sp³-hybridized carbons (Fsp3) is 0.600. The number of methoxy groups -OCH3 is 1. The Morgan fingerprint density at radius 2 is 2.10 bits per heavy atom. The van der Waals surface area contributed by atoms with Gasteiger partial charge in [-0.25, -0.2) is 18.2 Å². The highest BCUT2D eigenvalue weighted by Gasteiger charge is 2.39. The predicted molar refractivity (Wildman–Crippen MR) is 149 cm³/mol. The first kappa shape index (κ1) is 30.1. The van der Waals surface area contributed by atoms with Crippen molar-refractivity contribution in [3.05, 3.63) is 52.5 Å². The Morgan fingerprint density at radius 1 is 1.32 bits per heavy atom. The number of carboxylic acids is 1. The molecule has 0 spiro atoms. The summed E-state index contributed by atoms with van der Waals surface area (Å²) in [4.78, 5) is 20.4. The third-order valence-electron chi connectivity index (χ3n) is 8.09. The van der Waals surface area contributed by atoms with Crippen molar-refractivity contribution in [3.8, 4) is 5.75 Å². The van der Waals surface area contributed by atoms with Gasteiger partial charge in [0, 0.05) is 43.4 Å². The van der Waals surface area contributed by atoms with Gasteiger partial charge in [-0.1, -0.05) is 19.9 Å². The summed E-state index contributed by atoms with van der Waals surface area (Å²) in [7, 11) is 2.98. The van der Waals surface area contributed by atoms with Crippen LogP contribution in [0.3, 0.4) is 0 Å². The number of halogens is 3. The van der Waals surface area contributed by atoms with E-state index < -0.39 is 30.3 Å². The number of fused-ring (bicyclic) bond motifs is 1. The maximum atomic E-state index is 15.0. The van der Waals surface area contributed by atoms with E-state index in [9.17, 15) is 23.1 Å². The third kappa shape index (κ3) is 7.07. The van der Waals surface area contributed by atoms with Crippen LogP contribution in [0.4, 0.5) is 19.0 Å². The molecule has 0 amide bonds. The van der Waals surface area contributed by atoms with Gasteiger partial charge in [0.2, 0.25) is 0 Å². The van der Waals surface area contributed by atoms with Crippen molar-refractivity contribution in [1.29, 1.82) is 0 Å². The Balaban J connectivity index is 1.36. The first-order valence-corrected chi connectivity index (χ1v) is 14.1. The molecule has 1 aromatic heterocycles. The molecule has 0 saturated carbocycles. The number of alkyl halides is 2. The summed E-state index contributed by atoms with van der Waals surface area (Å²) < 4.78 is 50.0. The van der Waals surface area contributed by atoms with E-state index in [0.717, 1.165) is 30.9 Å². The first-order valence-electron chi connectivity index (χ1n) is 14.1. The molecule has 3 heterocycles. The van der Waals surface area contributed by atoms with Gasteiger partial charge in [0.05, 0.1) is 13.7 Å². The number of benzene rings is 1. The van der Waals surface area contributed by atoms with Crippen LogP contribution in [0.1, 0.15) is 73.9 Å². The lowest BCUT2D eigenvalue weighted by molar-refractivity contribution is -0.143. The number of aliphatic carboxylic acids is 1. The van der Waals surface area contributed by atoms with Crippen LogP contribution in [-0.4, -0.2) is 78.2 Å². The molecule has 4 rings (SSSR count). The van der Waals surface area contributed by atoms with Crippen molar-refractivity contribution >= 4 is 11.8 Å². The summed E-state index contributed by atoms with van der Waals surface area (Å²) in [5.74, 6) is -3.85. The number of pyridine rings is 1. The highest BCUT2D eigenvalue weighted by molar-refractivity contribution is 5.77. The number of likely N-dealkylation sites (N-methyl/N-ethyl adjacent to an activating group) is 1. The Morgan fingerprint density at radius 3 is 2.80 bits per heavy atom. The van der Waals surface area contributed by atoms with E-state index in [1.54, 1.807) is 22.9 Å². The normalized spacial score (nSPS) is 18.6. The Bertz CT molecular complexity index is 1190. The Hall–Kier alpha value is -2.85. The number of aryl methyl sites for hydroxylation is 2. The summed E-state index contributed by atoms with van der Waals surface area (Å²) in [5.41, 5.74) is 2.91. The molecular weight excluding hydrogens is 521 g/mol. The van der Waals surface area contributed by atoms with Gasteiger partial charge in [-0.2, -0.15) is 0 Å². The maximum Gasteiger partial charge on any atom is 0.325 e. The summed E-state index contributed by atoms with van der Waals surface area (Å²) >= 11 is 0. The van der Waals surface area contributed by atoms with Crippen molar-refractivity contribution in [2.45, 2.75) is 76.3 Å². The lowest BCUT2D eigenvalue weighted by atomic mass is 9.95. The number of likely N-dealkylation sites (tertiary alicyclic amines) is 1. The summed E-state index contributed by atoms with van der Waals surface area (Å²) in [6.45, 7) is 4.96. The van der Waals surface area contributed by atoms with E-state index in [0.29, 0.717) is 31.4 Å². The van der Waals surface area contributed by atoms with Gasteiger partial charge in [0.15, 0.2) is 11.6 Å². The standard InChI is InChI=1S/C30H41F3N4O3/c1-19(2)21-15-24(27(40-4)25(31)16-21)26(29(38)39)37-14-11-23(17-37)36(3)18-30(32,33)12-5-8-22-10-9-20-7-6-13-34-28(20)35-22/h9-10,15-16,19,23,26H,5-8,11-14,17-18H2,1-4H3,(H,34,35)(H,38,39)/t23-,26?/m1/s1. The zero-order chi connectivity index (χ0) is 29.0. The Labute approximate surface area is 234 Å². The molecule has 40 heavy (non-hydrogen) atoms. The van der Waals surface area contributed by atoms with Gasteiger partial charge < -0.3 is 15.2 Å². The van der Waals surface area contributed by atoms with Gasteiger partial charge in [0.25, 0.3) is 5.92 Å². The van der Waals surface area contributed by atoms with Crippen molar-refractivity contribution in [2.75, 3.05) is 45.7 Å². The monoisotopic (exact) mass is 562 g/mol. The average molecular weight is 563 g/mol. The lowest BCUT2D eigenvalue weighted by Crippen LogP contribution is -2.43. The molecule has 2 atom stereocenters. The van der Waals surface area contributed by atoms with Gasteiger partial charge in [-0.05, 0) is 74.4 Å². The molecule has 2 aliphatic heterocycles. The largest absolute Gasteiger partial charge is 0.493 e. The molecule has 2 aliphatic rings. The molecule has 7 nitrogen and oxygen atoms in total. The molecule has 10 heteroatoms. The molecule has 1 aromatic carbocycles. The minimum absolute atomic E-state index is 0.00650. The second kappa shape index (κ2) is 12.8. The number of nitrogens with zero attached hydrogens (tertiary/aromatic N) is 3. The first-order chi connectivity index (χ1) is 19.0. The number of aromatic nitrogens is 1. The highest BCUT2D eigenvalue weighted by atomic mass is 19.3. The number of anilines is 1. The number of rotatable bonds is 12. The van der Waals surface area contributed by atoms with Crippen LogP contribution in [0.15, 0.2) is 24.3 Å². The topological polar surface area (TPSA) is 77.9 Å². The number of ether oxygens (including phenoxy) is 1. The molecular formula is C30H41F3N4O3. The van der Waals surface area contributed by atoms with E-state index in [1.165, 1.54) is 18.7 Å². The van der Waals surface area contributed by atoms with Crippen molar-refractivity contribution in [1.82, 2.24) is 14.8 Å². The molecule has 0 bridgehead atoms. The number of hydrogen-bond acceptors (Lipinski definition) is 6. The third-order valence-corrected chi connectivity index (χ3v) is 8.09. The molecule has 1 unspecified atom stereocenters. The predicted octanol–water partition coefficient (Wildman–Crippen LogP) is 5.50. The second-order valence-electron chi connectivity index (χ2n) is 11.4. The van der Waals surface area contributed by atoms with E-state index in [4.69, 9.17) is 4.74 Å². The molecule has 1 fully saturated rings. The fourth-order valence-corrected chi connectivity index (χ4v) is 5.85. The minimum atomic E-state index is -2.89. The van der Waals surface area contributed by atoms with Crippen LogP contribution in [0.25, 0.3) is 0 Å². The van der Waals surface area contributed by atoms with Crippen molar-refractivity contribution in [3.63, 3.8) is 0 Å². The summed E-state index contributed by atoms with van der Waals surface area (Å²) in [5, 5.41) is 13.4. The second-order valence-corrected chi connectivity index (χ2v) is 11.4. The maximum absolute atomic E-state index is 15.0. The molecule has 2 N–H and O–H groups in total.